The number of benzene rings is 2. The normalized spacial score (nSPS) is 15.1. The minimum atomic E-state index is -3.73. The molecule has 1 aliphatic heterocycles. The van der Waals surface area contributed by atoms with Crippen LogP contribution in [0.3, 0.4) is 0 Å². The summed E-state index contributed by atoms with van der Waals surface area (Å²) in [4.78, 5) is 24.2. The van der Waals surface area contributed by atoms with Crippen LogP contribution in [0.1, 0.15) is 41.6 Å². The Bertz CT molecular complexity index is 1090. The fourth-order valence-corrected chi connectivity index (χ4v) is 5.24. The number of anilines is 1. The highest BCUT2D eigenvalue weighted by molar-refractivity contribution is 7.89. The summed E-state index contributed by atoms with van der Waals surface area (Å²) in [6.45, 7) is 1.76. The van der Waals surface area contributed by atoms with E-state index in [1.165, 1.54) is 16.4 Å². The highest BCUT2D eigenvalue weighted by Gasteiger charge is 2.27. The summed E-state index contributed by atoms with van der Waals surface area (Å²) in [5.41, 5.74) is -0.155. The van der Waals surface area contributed by atoms with Crippen molar-refractivity contribution < 1.29 is 31.5 Å². The smallest absolute Gasteiger partial charge is 0.344 e. The topological polar surface area (TPSA) is 92.8 Å². The van der Waals surface area contributed by atoms with Crippen LogP contribution >= 0.6 is 0 Å². The Morgan fingerprint density at radius 1 is 1.03 bits per heavy atom. The molecule has 0 unspecified atom stereocenters. The zero-order valence-corrected chi connectivity index (χ0v) is 18.4. The molecule has 1 N–H and O–H groups in total. The molecule has 1 heterocycles. The van der Waals surface area contributed by atoms with Crippen molar-refractivity contribution >= 4 is 27.6 Å². The van der Waals surface area contributed by atoms with Gasteiger partial charge in [0, 0.05) is 18.8 Å². The number of esters is 1. The number of aryl methyl sites for hydroxylation is 1. The first-order valence-corrected chi connectivity index (χ1v) is 11.7. The van der Waals surface area contributed by atoms with Crippen LogP contribution < -0.4 is 5.32 Å². The van der Waals surface area contributed by atoms with E-state index in [9.17, 15) is 26.8 Å². The van der Waals surface area contributed by atoms with E-state index in [0.29, 0.717) is 18.7 Å². The Hall–Kier alpha value is -2.85. The van der Waals surface area contributed by atoms with E-state index in [-0.39, 0.29) is 10.6 Å². The van der Waals surface area contributed by atoms with Gasteiger partial charge in [0.05, 0.1) is 4.90 Å². The van der Waals surface area contributed by atoms with Crippen molar-refractivity contribution in [3.05, 3.63) is 59.2 Å². The van der Waals surface area contributed by atoms with Gasteiger partial charge in [0.25, 0.3) is 5.91 Å². The number of hydrogen-bond donors (Lipinski definition) is 1. The molecule has 1 amide bonds. The molecule has 0 radical (unpaired) electrons. The van der Waals surface area contributed by atoms with Crippen molar-refractivity contribution in [1.82, 2.24) is 4.31 Å². The Morgan fingerprint density at radius 3 is 2.28 bits per heavy atom. The molecule has 2 aromatic carbocycles. The van der Waals surface area contributed by atoms with Gasteiger partial charge in [-0.2, -0.15) is 4.31 Å². The zero-order valence-electron chi connectivity index (χ0n) is 17.6. The predicted molar refractivity (Wildman–Crippen MR) is 114 cm³/mol. The lowest BCUT2D eigenvalue weighted by Crippen LogP contribution is -2.32. The van der Waals surface area contributed by atoms with Crippen molar-refractivity contribution in [2.75, 3.05) is 25.0 Å². The summed E-state index contributed by atoms with van der Waals surface area (Å²) in [7, 11) is -3.73. The summed E-state index contributed by atoms with van der Waals surface area (Å²) in [6, 6.07) is 7.35. The van der Waals surface area contributed by atoms with Crippen molar-refractivity contribution in [1.29, 1.82) is 0 Å². The lowest BCUT2D eigenvalue weighted by atomic mass is 10.2. The molecule has 0 bridgehead atoms. The van der Waals surface area contributed by atoms with E-state index in [1.807, 2.05) is 0 Å². The largest absolute Gasteiger partial charge is 0.452 e. The number of carbonyl (C=O) groups excluding carboxylic acids is 2. The first kappa shape index (κ1) is 23.8. The van der Waals surface area contributed by atoms with Gasteiger partial charge < -0.3 is 10.1 Å². The van der Waals surface area contributed by atoms with E-state index in [4.69, 9.17) is 4.74 Å². The fourth-order valence-electron chi connectivity index (χ4n) is 3.47. The molecule has 0 aromatic heterocycles. The van der Waals surface area contributed by atoms with Crippen molar-refractivity contribution in [3.63, 3.8) is 0 Å². The summed E-state index contributed by atoms with van der Waals surface area (Å²) in [5, 5.41) is 2.45. The second kappa shape index (κ2) is 10.2. The van der Waals surface area contributed by atoms with E-state index in [1.54, 1.807) is 13.0 Å². The Kier molecular flexibility index (Phi) is 7.57. The Balaban J connectivity index is 1.69. The molecule has 3 rings (SSSR count). The molecule has 2 aromatic rings. The number of halogens is 2. The lowest BCUT2D eigenvalue weighted by molar-refractivity contribution is -0.119. The number of nitrogens with zero attached hydrogens (tertiary/aromatic N) is 1. The van der Waals surface area contributed by atoms with E-state index < -0.39 is 45.7 Å². The molecule has 32 heavy (non-hydrogen) atoms. The number of amides is 1. The van der Waals surface area contributed by atoms with Crippen LogP contribution in [0, 0.1) is 18.6 Å². The van der Waals surface area contributed by atoms with Crippen molar-refractivity contribution in [2.45, 2.75) is 37.5 Å². The first-order valence-electron chi connectivity index (χ1n) is 10.2. The maximum atomic E-state index is 13.6. The first-order chi connectivity index (χ1) is 15.2. The summed E-state index contributed by atoms with van der Waals surface area (Å²) >= 11 is 0. The van der Waals surface area contributed by atoms with Crippen molar-refractivity contribution in [2.24, 2.45) is 0 Å². The maximum Gasteiger partial charge on any atom is 0.344 e. The van der Waals surface area contributed by atoms with Gasteiger partial charge in [0.15, 0.2) is 6.61 Å². The van der Waals surface area contributed by atoms with Crippen LogP contribution in [0.4, 0.5) is 14.5 Å². The van der Waals surface area contributed by atoms with Gasteiger partial charge in [0.2, 0.25) is 10.0 Å². The standard InChI is InChI=1S/C22H24F2N2O5S/c1-15-9-10-16(13-19(15)32(29,30)26-11-4-2-3-5-12-26)25-20(27)14-31-22(28)21-17(23)7-6-8-18(21)24/h6-10,13H,2-5,11-12,14H2,1H3,(H,25,27). The fraction of sp³-hybridized carbons (Fsp3) is 0.364. The van der Waals surface area contributed by atoms with Gasteiger partial charge in [0.1, 0.15) is 17.2 Å². The molecule has 1 fully saturated rings. The van der Waals surface area contributed by atoms with Crippen LogP contribution in [0.15, 0.2) is 41.3 Å². The molecule has 172 valence electrons. The molecular weight excluding hydrogens is 442 g/mol. The lowest BCUT2D eigenvalue weighted by Gasteiger charge is -2.21. The second-order valence-electron chi connectivity index (χ2n) is 7.52. The maximum absolute atomic E-state index is 13.6. The SMILES string of the molecule is Cc1ccc(NC(=O)COC(=O)c2c(F)cccc2F)cc1S(=O)(=O)N1CCCCCC1. The number of ether oxygens (including phenoxy) is 1. The molecule has 1 saturated heterocycles. The van der Waals surface area contributed by atoms with Gasteiger partial charge in [-0.05, 0) is 49.6 Å². The average Bonchev–Trinajstić information content (AvgIpc) is 3.03. The number of rotatable bonds is 6. The van der Waals surface area contributed by atoms with Gasteiger partial charge in [-0.1, -0.05) is 25.0 Å². The highest BCUT2D eigenvalue weighted by Crippen LogP contribution is 2.26. The van der Waals surface area contributed by atoms with Gasteiger partial charge in [-0.15, -0.1) is 0 Å². The third kappa shape index (κ3) is 5.49. The number of carbonyl (C=O) groups is 2. The van der Waals surface area contributed by atoms with Crippen LogP contribution in [0.2, 0.25) is 0 Å². The van der Waals surface area contributed by atoms with Crippen molar-refractivity contribution in [3.8, 4) is 0 Å². The quantitative estimate of drug-likeness (QED) is 0.657. The number of hydrogen-bond acceptors (Lipinski definition) is 5. The molecule has 0 saturated carbocycles. The molecule has 7 nitrogen and oxygen atoms in total. The highest BCUT2D eigenvalue weighted by atomic mass is 32.2. The Labute approximate surface area is 185 Å². The minimum Gasteiger partial charge on any atom is -0.452 e. The predicted octanol–water partition coefficient (Wildman–Crippen LogP) is 3.63. The summed E-state index contributed by atoms with van der Waals surface area (Å²) < 4.78 is 59.7. The van der Waals surface area contributed by atoms with E-state index in [0.717, 1.165) is 43.9 Å². The third-order valence-corrected chi connectivity index (χ3v) is 7.20. The van der Waals surface area contributed by atoms with Gasteiger partial charge in [-0.25, -0.2) is 22.0 Å². The van der Waals surface area contributed by atoms with E-state index in [2.05, 4.69) is 5.32 Å². The monoisotopic (exact) mass is 466 g/mol. The second-order valence-corrected chi connectivity index (χ2v) is 9.43. The third-order valence-electron chi connectivity index (χ3n) is 5.16. The minimum absolute atomic E-state index is 0.0858. The molecular formula is C22H24F2N2O5S. The van der Waals surface area contributed by atoms with Gasteiger partial charge in [-0.3, -0.25) is 4.79 Å². The van der Waals surface area contributed by atoms with Crippen LogP contribution in [0.5, 0.6) is 0 Å². The summed E-state index contributed by atoms with van der Waals surface area (Å²) in [6.07, 6.45) is 3.55. The molecule has 0 spiro atoms. The van der Waals surface area contributed by atoms with Crippen LogP contribution in [0.25, 0.3) is 0 Å². The van der Waals surface area contributed by atoms with E-state index >= 15 is 0 Å². The molecule has 0 atom stereocenters. The zero-order chi connectivity index (χ0) is 23.3. The molecule has 1 aliphatic rings. The summed E-state index contributed by atoms with van der Waals surface area (Å²) in [5.74, 6) is -4.30. The average molecular weight is 467 g/mol. The van der Waals surface area contributed by atoms with Crippen LogP contribution in [-0.4, -0.2) is 44.3 Å². The number of nitrogens with one attached hydrogen (secondary N) is 1. The number of sulfonamides is 1. The molecule has 10 heteroatoms. The van der Waals surface area contributed by atoms with Crippen LogP contribution in [-0.2, 0) is 19.6 Å². The Morgan fingerprint density at radius 2 is 1.66 bits per heavy atom. The van der Waals surface area contributed by atoms with Gasteiger partial charge >= 0.3 is 5.97 Å². The molecule has 0 aliphatic carbocycles.